The summed E-state index contributed by atoms with van der Waals surface area (Å²) < 4.78 is 10.7. The van der Waals surface area contributed by atoms with Crippen LogP contribution in [0.5, 0.6) is 17.2 Å². The Labute approximate surface area is 146 Å². The Morgan fingerprint density at radius 1 is 1.20 bits per heavy atom. The van der Waals surface area contributed by atoms with Crippen LogP contribution in [0.3, 0.4) is 0 Å². The molecular formula is C19H20N2O4. The molecule has 0 bridgehead atoms. The maximum absolute atomic E-state index is 12.1. The van der Waals surface area contributed by atoms with Crippen molar-refractivity contribution >= 4 is 11.6 Å². The average Bonchev–Trinajstić information content (AvgIpc) is 3.06. The number of benzene rings is 2. The van der Waals surface area contributed by atoms with E-state index in [9.17, 15) is 9.90 Å². The molecule has 6 heteroatoms. The molecule has 0 fully saturated rings. The fraction of sp³-hybridized carbons (Fsp3) is 0.263. The number of hydrogen-bond acceptors (Lipinski definition) is 5. The summed E-state index contributed by atoms with van der Waals surface area (Å²) >= 11 is 0. The van der Waals surface area contributed by atoms with Crippen molar-refractivity contribution in [1.29, 1.82) is 0 Å². The van der Waals surface area contributed by atoms with Crippen molar-refractivity contribution in [3.8, 4) is 17.2 Å². The highest BCUT2D eigenvalue weighted by Crippen LogP contribution is 2.39. The number of phenolic OH excluding ortho intramolecular Hbond substituents is 1. The number of aromatic hydroxyl groups is 1. The van der Waals surface area contributed by atoms with Crippen LogP contribution in [0.1, 0.15) is 30.5 Å². The number of amides is 1. The van der Waals surface area contributed by atoms with Crippen LogP contribution in [0.25, 0.3) is 0 Å². The molecule has 1 N–H and O–H groups in total. The third-order valence-corrected chi connectivity index (χ3v) is 4.21. The Hall–Kier alpha value is -3.02. The van der Waals surface area contributed by atoms with Crippen LogP contribution in [0.4, 0.5) is 0 Å². The van der Waals surface area contributed by atoms with Crippen molar-refractivity contribution in [3.63, 3.8) is 0 Å². The van der Waals surface area contributed by atoms with Gasteiger partial charge in [-0.15, -0.1) is 0 Å². The molecule has 0 saturated heterocycles. The zero-order valence-corrected chi connectivity index (χ0v) is 14.4. The molecule has 2 aromatic carbocycles. The summed E-state index contributed by atoms with van der Waals surface area (Å²) in [5.74, 6) is 1.34. The van der Waals surface area contributed by atoms with Crippen molar-refractivity contribution < 1.29 is 19.4 Å². The molecule has 0 spiro atoms. The first kappa shape index (κ1) is 16.8. The van der Waals surface area contributed by atoms with Crippen LogP contribution in [-0.2, 0) is 4.79 Å². The Balaban J connectivity index is 1.99. The number of ether oxygens (including phenoxy) is 2. The molecule has 1 amide bonds. The molecular weight excluding hydrogens is 320 g/mol. The second-order valence-corrected chi connectivity index (χ2v) is 5.79. The van der Waals surface area contributed by atoms with Crippen LogP contribution in [0.15, 0.2) is 47.6 Å². The van der Waals surface area contributed by atoms with Gasteiger partial charge in [-0.2, -0.15) is 5.10 Å². The van der Waals surface area contributed by atoms with Gasteiger partial charge in [0.05, 0.1) is 26.0 Å². The molecule has 0 aliphatic carbocycles. The van der Waals surface area contributed by atoms with Gasteiger partial charge >= 0.3 is 0 Å². The molecule has 1 atom stereocenters. The van der Waals surface area contributed by atoms with E-state index in [0.29, 0.717) is 17.9 Å². The van der Waals surface area contributed by atoms with Gasteiger partial charge in [-0.1, -0.05) is 12.1 Å². The van der Waals surface area contributed by atoms with Gasteiger partial charge in [0.25, 0.3) is 0 Å². The lowest BCUT2D eigenvalue weighted by molar-refractivity contribution is -0.130. The molecule has 1 aliphatic rings. The lowest BCUT2D eigenvalue weighted by atomic mass is 9.97. The second kappa shape index (κ2) is 6.84. The molecule has 1 heterocycles. The van der Waals surface area contributed by atoms with Gasteiger partial charge in [0.1, 0.15) is 17.2 Å². The van der Waals surface area contributed by atoms with Crippen molar-refractivity contribution in [3.05, 3.63) is 53.6 Å². The number of carbonyl (C=O) groups is 1. The average molecular weight is 340 g/mol. The Kier molecular flexibility index (Phi) is 4.61. The van der Waals surface area contributed by atoms with E-state index in [1.54, 1.807) is 38.5 Å². The molecule has 25 heavy (non-hydrogen) atoms. The molecule has 1 aliphatic heterocycles. The van der Waals surface area contributed by atoms with Crippen molar-refractivity contribution in [2.45, 2.75) is 19.4 Å². The maximum Gasteiger partial charge on any atom is 0.240 e. The summed E-state index contributed by atoms with van der Waals surface area (Å²) in [6.07, 6.45) is 0.533. The van der Waals surface area contributed by atoms with E-state index in [4.69, 9.17) is 9.47 Å². The minimum Gasteiger partial charge on any atom is -0.508 e. The lowest BCUT2D eigenvalue weighted by Gasteiger charge is -2.22. The van der Waals surface area contributed by atoms with Crippen molar-refractivity contribution in [2.24, 2.45) is 5.10 Å². The Bertz CT molecular complexity index is 832. The predicted molar refractivity (Wildman–Crippen MR) is 94.1 cm³/mol. The van der Waals surface area contributed by atoms with Crippen molar-refractivity contribution in [1.82, 2.24) is 5.01 Å². The molecule has 2 aromatic rings. The standard InChI is InChI=1S/C19H20N2O4/c1-12(22)21-18(16-8-7-15(24-2)10-19(16)25-3)11-17(20-21)13-5-4-6-14(23)9-13/h4-10,18,23H,11H2,1-3H3/t18-/m0/s1. The largest absolute Gasteiger partial charge is 0.508 e. The number of hydrazone groups is 1. The quantitative estimate of drug-likeness (QED) is 0.928. The first-order valence-electron chi connectivity index (χ1n) is 7.92. The van der Waals surface area contributed by atoms with Crippen LogP contribution < -0.4 is 9.47 Å². The summed E-state index contributed by atoms with van der Waals surface area (Å²) in [7, 11) is 3.18. The lowest BCUT2D eigenvalue weighted by Crippen LogP contribution is -2.24. The highest BCUT2D eigenvalue weighted by Gasteiger charge is 2.33. The minimum absolute atomic E-state index is 0.155. The first-order chi connectivity index (χ1) is 12.0. The number of carbonyl (C=O) groups excluding carboxylic acids is 1. The summed E-state index contributed by atoms with van der Waals surface area (Å²) in [5, 5.41) is 15.6. The third kappa shape index (κ3) is 3.28. The van der Waals surface area contributed by atoms with Crippen LogP contribution in [-0.4, -0.2) is 36.0 Å². The molecule has 3 rings (SSSR count). The fourth-order valence-electron chi connectivity index (χ4n) is 3.00. The molecule has 130 valence electrons. The van der Waals surface area contributed by atoms with Gasteiger partial charge in [-0.05, 0) is 24.3 Å². The topological polar surface area (TPSA) is 71.4 Å². The van der Waals surface area contributed by atoms with E-state index in [1.807, 2.05) is 18.2 Å². The normalized spacial score (nSPS) is 16.5. The number of rotatable bonds is 4. The summed E-state index contributed by atoms with van der Waals surface area (Å²) in [6.45, 7) is 1.48. The van der Waals surface area contributed by atoms with Crippen LogP contribution >= 0.6 is 0 Å². The van der Waals surface area contributed by atoms with E-state index >= 15 is 0 Å². The Morgan fingerprint density at radius 2 is 2.00 bits per heavy atom. The van der Waals surface area contributed by atoms with Crippen molar-refractivity contribution in [2.75, 3.05) is 14.2 Å². The SMILES string of the molecule is COc1ccc([C@@H]2CC(c3cccc(O)c3)=NN2C(C)=O)c(OC)c1. The molecule has 0 saturated carbocycles. The zero-order valence-electron chi connectivity index (χ0n) is 14.4. The summed E-state index contributed by atoms with van der Waals surface area (Å²) in [6, 6.07) is 12.1. The van der Waals surface area contributed by atoms with Gasteiger partial charge < -0.3 is 14.6 Å². The van der Waals surface area contributed by atoms with E-state index in [0.717, 1.165) is 16.8 Å². The number of phenols is 1. The highest BCUT2D eigenvalue weighted by atomic mass is 16.5. The smallest absolute Gasteiger partial charge is 0.240 e. The first-order valence-corrected chi connectivity index (χ1v) is 7.92. The molecule has 0 unspecified atom stereocenters. The molecule has 0 aromatic heterocycles. The van der Waals surface area contributed by atoms with Gasteiger partial charge in [-0.25, -0.2) is 5.01 Å². The van der Waals surface area contributed by atoms with E-state index in [-0.39, 0.29) is 17.7 Å². The van der Waals surface area contributed by atoms with Gasteiger partial charge in [0, 0.05) is 30.5 Å². The van der Waals surface area contributed by atoms with Crippen LogP contribution in [0, 0.1) is 0 Å². The minimum atomic E-state index is -0.268. The third-order valence-electron chi connectivity index (χ3n) is 4.21. The predicted octanol–water partition coefficient (Wildman–Crippen LogP) is 3.11. The summed E-state index contributed by atoms with van der Waals surface area (Å²) in [4.78, 5) is 12.1. The Morgan fingerprint density at radius 3 is 2.64 bits per heavy atom. The number of methoxy groups -OCH3 is 2. The van der Waals surface area contributed by atoms with Gasteiger partial charge in [0.15, 0.2) is 0 Å². The number of nitrogens with zero attached hydrogens (tertiary/aromatic N) is 2. The maximum atomic E-state index is 12.1. The summed E-state index contributed by atoms with van der Waals surface area (Å²) in [5.41, 5.74) is 2.40. The zero-order chi connectivity index (χ0) is 18.0. The molecule has 6 nitrogen and oxygen atoms in total. The highest BCUT2D eigenvalue weighted by molar-refractivity contribution is 6.03. The monoisotopic (exact) mass is 340 g/mol. The molecule has 0 radical (unpaired) electrons. The fourth-order valence-corrected chi connectivity index (χ4v) is 3.00. The van der Waals surface area contributed by atoms with E-state index < -0.39 is 0 Å². The number of hydrogen-bond donors (Lipinski definition) is 1. The van der Waals surface area contributed by atoms with Gasteiger partial charge in [-0.3, -0.25) is 4.79 Å². The second-order valence-electron chi connectivity index (χ2n) is 5.79. The van der Waals surface area contributed by atoms with Crippen LogP contribution in [0.2, 0.25) is 0 Å². The van der Waals surface area contributed by atoms with E-state index in [2.05, 4.69) is 5.10 Å². The van der Waals surface area contributed by atoms with Gasteiger partial charge in [0.2, 0.25) is 5.91 Å². The van der Waals surface area contributed by atoms with E-state index in [1.165, 1.54) is 11.9 Å².